The zero-order chi connectivity index (χ0) is 97.2. The maximum absolute atomic E-state index is 14.5. The predicted octanol–water partition coefficient (Wildman–Crippen LogP) is -11.3. The van der Waals surface area contributed by atoms with Crippen LogP contribution in [-0.4, -0.2) is 277 Å². The normalized spacial score (nSPS) is 14.3. The maximum atomic E-state index is 14.5. The first kappa shape index (κ1) is 112. The van der Waals surface area contributed by atoms with Crippen molar-refractivity contribution in [2.75, 3.05) is 52.4 Å². The number of aliphatic hydroxyl groups is 2. The summed E-state index contributed by atoms with van der Waals surface area (Å²) in [6.45, 7) is 6.43. The van der Waals surface area contributed by atoms with Crippen LogP contribution in [0, 0.1) is 16.7 Å². The van der Waals surface area contributed by atoms with Gasteiger partial charge in [0.1, 0.15) is 78.0 Å². The Hall–Kier alpha value is -13.3. The molecule has 0 saturated carbocycles. The minimum atomic E-state index is -2.03. The molecule has 129 heavy (non-hydrogen) atoms. The molecule has 0 radical (unpaired) electrons. The van der Waals surface area contributed by atoms with Crippen molar-refractivity contribution in [3.05, 3.63) is 71.8 Å². The molecule has 2 aromatic carbocycles. The quantitative estimate of drug-likeness (QED) is 0.0166. The van der Waals surface area contributed by atoms with Gasteiger partial charge in [0.15, 0.2) is 11.9 Å². The number of carbonyl (C=O) groups is 19. The van der Waals surface area contributed by atoms with E-state index in [4.69, 9.17) is 56.7 Å². The molecule has 0 saturated heterocycles. The third kappa shape index (κ3) is 45.1. The molecule has 0 unspecified atom stereocenters. The number of nitrogens with two attached hydrogens (primary N) is 8. The number of primary amides is 3. The van der Waals surface area contributed by atoms with Gasteiger partial charge in [-0.1, -0.05) is 74.5 Å². The molecule has 2 rings (SSSR count). The number of nitrogens with one attached hydrogen (secondary N) is 20. The largest absolute Gasteiger partial charge is 0.394 e. The molecule has 0 aromatic heterocycles. The van der Waals surface area contributed by atoms with Gasteiger partial charge in [-0.25, -0.2) is 0 Å². The van der Waals surface area contributed by atoms with Gasteiger partial charge in [-0.2, -0.15) is 0 Å². The smallest absolute Gasteiger partial charge is 0.245 e. The molecule has 0 fully saturated rings. The van der Waals surface area contributed by atoms with E-state index >= 15 is 0 Å². The van der Waals surface area contributed by atoms with Crippen molar-refractivity contribution in [3.8, 4) is 0 Å². The lowest BCUT2D eigenvalue weighted by Gasteiger charge is -2.31. The summed E-state index contributed by atoms with van der Waals surface area (Å²) in [5.74, 6) is -19.7. The lowest BCUT2D eigenvalue weighted by atomic mass is 10.00. The summed E-state index contributed by atoms with van der Waals surface area (Å²) in [6, 6.07) is -2.47. The van der Waals surface area contributed by atoms with Crippen molar-refractivity contribution in [3.63, 3.8) is 0 Å². The van der Waals surface area contributed by atoms with Gasteiger partial charge in [0, 0.05) is 25.9 Å². The molecule has 0 spiro atoms. The first-order valence-corrected chi connectivity index (χ1v) is 42.0. The number of benzene rings is 2. The second-order valence-corrected chi connectivity index (χ2v) is 31.6. The predicted molar refractivity (Wildman–Crippen MR) is 468 cm³/mol. The van der Waals surface area contributed by atoms with E-state index in [-0.39, 0.29) is 116 Å². The maximum Gasteiger partial charge on any atom is 0.245 e. The summed E-state index contributed by atoms with van der Waals surface area (Å²) in [7, 11) is 0. The molecular weight excluding hydrogens is 1690 g/mol. The Kier molecular flexibility index (Phi) is 51.0. The van der Waals surface area contributed by atoms with Crippen molar-refractivity contribution >= 4 is 124 Å². The molecule has 0 aliphatic heterocycles. The van der Waals surface area contributed by atoms with E-state index in [0.29, 0.717) is 18.4 Å². The summed E-state index contributed by atoms with van der Waals surface area (Å²) in [6.07, 6.45) is -2.75. The number of amides is 19. The Morgan fingerprint density at radius 1 is 0.388 bits per heavy atom. The molecule has 14 atom stereocenters. The monoisotopic (exact) mass is 1820 g/mol. The van der Waals surface area contributed by atoms with Crippen LogP contribution >= 0.6 is 0 Å². The average Bonchev–Trinajstić information content (AvgIpc) is 0.880. The van der Waals surface area contributed by atoms with Crippen LogP contribution in [0.25, 0.3) is 0 Å². The van der Waals surface area contributed by atoms with Crippen LogP contribution in [0.1, 0.15) is 149 Å². The highest BCUT2D eigenvalue weighted by molar-refractivity contribution is 6.02. The zero-order valence-electron chi connectivity index (χ0n) is 73.7. The lowest BCUT2D eigenvalue weighted by molar-refractivity contribution is -0.138. The van der Waals surface area contributed by atoms with Gasteiger partial charge in [0.2, 0.25) is 112 Å². The van der Waals surface area contributed by atoms with Crippen LogP contribution in [0.2, 0.25) is 0 Å². The van der Waals surface area contributed by atoms with Crippen molar-refractivity contribution in [1.82, 2.24) is 95.7 Å². The van der Waals surface area contributed by atoms with E-state index in [0.717, 1.165) is 12.5 Å². The Labute approximate surface area is 746 Å². The minimum Gasteiger partial charge on any atom is -0.394 e. The van der Waals surface area contributed by atoms with Gasteiger partial charge in [0.05, 0.1) is 44.8 Å². The van der Waals surface area contributed by atoms with Crippen LogP contribution in [0.4, 0.5) is 0 Å². The van der Waals surface area contributed by atoms with E-state index in [1.807, 2.05) is 0 Å². The second-order valence-electron chi connectivity index (χ2n) is 31.6. The lowest BCUT2D eigenvalue weighted by Crippen LogP contribution is -2.64. The summed E-state index contributed by atoms with van der Waals surface area (Å²) >= 11 is 0. The average molecular weight is 1820 g/mol. The molecule has 0 aliphatic carbocycles. The van der Waals surface area contributed by atoms with Crippen molar-refractivity contribution in [1.29, 1.82) is 10.8 Å². The molecule has 49 heteroatoms. The van der Waals surface area contributed by atoms with Gasteiger partial charge >= 0.3 is 0 Å². The number of hydrogen-bond donors (Lipinski definition) is 30. The Morgan fingerprint density at radius 3 is 1.26 bits per heavy atom. The fourth-order valence-electron chi connectivity index (χ4n) is 12.2. The molecule has 2 aromatic rings. The zero-order valence-corrected chi connectivity index (χ0v) is 73.7. The van der Waals surface area contributed by atoms with E-state index < -0.39 is 247 Å². The number of rotatable bonds is 62. The molecule has 38 N–H and O–H groups in total. The van der Waals surface area contributed by atoms with Gasteiger partial charge in [0.25, 0.3) is 0 Å². The third-order valence-electron chi connectivity index (χ3n) is 19.4. The molecule has 0 bridgehead atoms. The second kappa shape index (κ2) is 58.9. The van der Waals surface area contributed by atoms with Gasteiger partial charge in [-0.3, -0.25) is 102 Å². The first-order chi connectivity index (χ1) is 60.7. The van der Waals surface area contributed by atoms with Crippen LogP contribution in [0.15, 0.2) is 60.7 Å². The summed E-state index contributed by atoms with van der Waals surface area (Å²) in [5, 5.41) is 80.5. The highest BCUT2D eigenvalue weighted by Crippen LogP contribution is 2.15. The molecule has 718 valence electrons. The van der Waals surface area contributed by atoms with E-state index in [9.17, 15) is 101 Å². The number of unbranched alkanes of at least 4 members (excludes halogenated alkanes) is 2. The van der Waals surface area contributed by atoms with Gasteiger partial charge in [-0.05, 0) is 148 Å². The van der Waals surface area contributed by atoms with Crippen molar-refractivity contribution < 1.29 is 101 Å². The number of carbonyl (C=O) groups excluding carboxylic acids is 19. The highest BCUT2D eigenvalue weighted by Gasteiger charge is 2.40. The number of aliphatic hydroxyl groups excluding tert-OH is 2. The summed E-state index contributed by atoms with van der Waals surface area (Å²) in [5.41, 5.74) is 43.8. The SMILES string of the molecule is CC(C)C[C@H](NC(=O)[C@H](CCCCN)NC(=O)[C@H](CCCNC(=N)N)NC(=O)C(C)(C)NC(=O)[C@H](CO)NC(=O)[C@H](CCCCN)NC(=O)[C@H](CCCNC(=N)N)NC(=O)[C@H](C)NC(=O)CNC(=O)[C@@H](NC(=O)[C@H](Cc1ccccc1)NC(=O)CNC(=O)CNC(=O)[C@@H](N)Cc1ccccc1)[C@@H](C)O)C(=O)N[C@@H](C)C(=O)N[C@@H](CC(N)=O)C(=O)N[C@@H](CCC(N)=O)C(N)=O. The Morgan fingerprint density at radius 2 is 0.791 bits per heavy atom. The Balaban J connectivity index is 2.33. The van der Waals surface area contributed by atoms with Crippen LogP contribution in [0.5, 0.6) is 0 Å². The van der Waals surface area contributed by atoms with Crippen LogP contribution in [0.3, 0.4) is 0 Å². The van der Waals surface area contributed by atoms with Crippen molar-refractivity contribution in [2.24, 2.45) is 51.8 Å². The molecular formula is C80H132N28O21. The third-order valence-corrected chi connectivity index (χ3v) is 19.4. The van der Waals surface area contributed by atoms with E-state index in [1.54, 1.807) is 74.5 Å². The molecule has 0 aliphatic rings. The van der Waals surface area contributed by atoms with Gasteiger partial charge < -0.3 is 152 Å². The Bertz CT molecular complexity index is 4130. The van der Waals surface area contributed by atoms with Crippen molar-refractivity contribution in [2.45, 2.75) is 241 Å². The first-order valence-electron chi connectivity index (χ1n) is 42.0. The van der Waals surface area contributed by atoms with Gasteiger partial charge in [-0.15, -0.1) is 0 Å². The molecule has 0 heterocycles. The van der Waals surface area contributed by atoms with Crippen LogP contribution in [-0.2, 0) is 104 Å². The standard InChI is InChI=1S/C80H132N28O21/c1-42(2)34-54(72(124)97-44(4)66(118)103-56(37-59(85)112)73(125)99-49(64(86)116)28-29-58(84)111)104-69(121)50(24-14-16-30-81)102-71(123)53(27-19-33-92-79(89)90)106-77(129)80(6,7)108-75(127)57(41-109)105-70(122)51(25-15-17-31-82)101-68(120)52(26-18-32-91-78(87)88)100-65(117)43(3)96-61(114)40-95-76(128)63(45(5)110)107-74(126)55(36-47-22-12-9-13-23-47)98-62(115)39-93-60(113)38-94-67(119)48(83)35-46-20-10-8-11-21-46/h8-13,20-23,42-45,48-57,63,109-110H,14-19,24-41,81-83H2,1-7H3,(H2,84,111)(H2,85,112)(H2,86,116)(H,93,113)(H,94,119)(H,95,128)(H,96,114)(H,97,124)(H,98,115)(H,99,125)(H,100,117)(H,101,120)(H,102,123)(H,103,118)(H,104,121)(H,105,122)(H,106,129)(H,107,126)(H,108,127)(H4,87,88,91)(H4,89,90,92)/t43-,44-,45+,48-,49-,50-,51-,52-,53-,54-,55-,56-,57-,63-/m0/s1. The fourth-order valence-corrected chi connectivity index (χ4v) is 12.2. The topological polar surface area (TPSA) is 837 Å². The molecule has 19 amide bonds. The molecule has 49 nitrogen and oxygen atoms in total. The number of hydrogen-bond acceptors (Lipinski definition) is 26. The van der Waals surface area contributed by atoms with E-state index in [2.05, 4.69) is 95.7 Å². The van der Waals surface area contributed by atoms with E-state index in [1.165, 1.54) is 27.7 Å². The number of guanidine groups is 2. The fraction of sp³-hybridized carbons (Fsp3) is 0.588. The highest BCUT2D eigenvalue weighted by atomic mass is 16.3. The van der Waals surface area contributed by atoms with Crippen LogP contribution < -0.4 is 142 Å². The summed E-state index contributed by atoms with van der Waals surface area (Å²) < 4.78 is 0. The minimum absolute atomic E-state index is 0.0138. The summed E-state index contributed by atoms with van der Waals surface area (Å²) in [4.78, 5) is 256.